The monoisotopic (exact) mass is 552 g/mol. The van der Waals surface area contributed by atoms with Crippen molar-refractivity contribution in [2.24, 2.45) is 0 Å². The minimum atomic E-state index is -3.82. The fourth-order valence-corrected chi connectivity index (χ4v) is 5.91. The van der Waals surface area contributed by atoms with Gasteiger partial charge in [-0.3, -0.25) is 0 Å². The lowest BCUT2D eigenvalue weighted by Crippen LogP contribution is -2.15. The van der Waals surface area contributed by atoms with Gasteiger partial charge in [-0.05, 0) is 63.6 Å². The summed E-state index contributed by atoms with van der Waals surface area (Å²) >= 11 is 5.63. The van der Waals surface area contributed by atoms with E-state index in [1.54, 1.807) is 30.5 Å². The Labute approximate surface area is 179 Å². The standard InChI is InChI=1S/C20H14BrIN2O2S/c1-13-7-9-16(10-8-13)27(25,26)24-19(14-5-3-2-4-6-14)18(22)17-11-15(21)12-23-20(17)24/h2-12H,1H3. The first-order valence-electron chi connectivity index (χ1n) is 8.13. The Balaban J connectivity index is 2.12. The molecule has 0 atom stereocenters. The summed E-state index contributed by atoms with van der Waals surface area (Å²) < 4.78 is 30.1. The smallest absolute Gasteiger partial charge is 0.236 e. The van der Waals surface area contributed by atoms with Crippen molar-refractivity contribution >= 4 is 59.6 Å². The molecule has 136 valence electrons. The zero-order valence-corrected chi connectivity index (χ0v) is 18.8. The molecule has 0 aliphatic carbocycles. The van der Waals surface area contributed by atoms with Crippen molar-refractivity contribution in [3.05, 3.63) is 80.5 Å². The summed E-state index contributed by atoms with van der Waals surface area (Å²) in [6.45, 7) is 1.93. The van der Waals surface area contributed by atoms with Gasteiger partial charge in [0.15, 0.2) is 5.65 Å². The van der Waals surface area contributed by atoms with E-state index >= 15 is 0 Å². The van der Waals surface area contributed by atoms with E-state index in [1.807, 2.05) is 43.3 Å². The maximum atomic E-state index is 13.6. The number of aromatic nitrogens is 2. The molecule has 2 aromatic heterocycles. The summed E-state index contributed by atoms with van der Waals surface area (Å²) in [7, 11) is -3.82. The molecule has 0 radical (unpaired) electrons. The molecular formula is C20H14BrIN2O2S. The van der Waals surface area contributed by atoms with E-state index in [0.29, 0.717) is 11.3 Å². The lowest BCUT2D eigenvalue weighted by Gasteiger charge is -2.12. The second kappa shape index (κ2) is 7.03. The van der Waals surface area contributed by atoms with Gasteiger partial charge in [0.05, 0.1) is 10.6 Å². The summed E-state index contributed by atoms with van der Waals surface area (Å²) in [5, 5.41) is 0.791. The van der Waals surface area contributed by atoms with Crippen molar-refractivity contribution < 1.29 is 8.42 Å². The van der Waals surface area contributed by atoms with Crippen LogP contribution in [0.25, 0.3) is 22.3 Å². The van der Waals surface area contributed by atoms with Gasteiger partial charge in [0.25, 0.3) is 10.0 Å². The highest BCUT2D eigenvalue weighted by Crippen LogP contribution is 2.37. The van der Waals surface area contributed by atoms with Crippen LogP contribution in [0.5, 0.6) is 0 Å². The van der Waals surface area contributed by atoms with E-state index < -0.39 is 10.0 Å². The van der Waals surface area contributed by atoms with Crippen molar-refractivity contribution in [1.29, 1.82) is 0 Å². The number of hydrogen-bond acceptors (Lipinski definition) is 3. The number of fused-ring (bicyclic) bond motifs is 1. The highest BCUT2D eigenvalue weighted by Gasteiger charge is 2.28. The fourth-order valence-electron chi connectivity index (χ4n) is 2.97. The molecule has 4 nitrogen and oxygen atoms in total. The van der Waals surface area contributed by atoms with Gasteiger partial charge >= 0.3 is 0 Å². The zero-order chi connectivity index (χ0) is 19.2. The van der Waals surface area contributed by atoms with Crippen molar-refractivity contribution in [2.75, 3.05) is 0 Å². The number of hydrogen-bond donors (Lipinski definition) is 0. The molecule has 27 heavy (non-hydrogen) atoms. The summed E-state index contributed by atoms with van der Waals surface area (Å²) in [5.41, 5.74) is 2.87. The molecule has 0 amide bonds. The Morgan fingerprint density at radius 2 is 1.70 bits per heavy atom. The van der Waals surface area contributed by atoms with E-state index in [2.05, 4.69) is 43.5 Å². The minimum Gasteiger partial charge on any atom is -0.236 e. The first-order valence-corrected chi connectivity index (χ1v) is 11.4. The zero-order valence-electron chi connectivity index (χ0n) is 14.2. The van der Waals surface area contributed by atoms with Crippen LogP contribution in [0.1, 0.15) is 5.56 Å². The van der Waals surface area contributed by atoms with E-state index in [0.717, 1.165) is 24.6 Å². The highest BCUT2D eigenvalue weighted by atomic mass is 127. The number of rotatable bonds is 3. The maximum Gasteiger partial charge on any atom is 0.269 e. The fraction of sp³-hybridized carbons (Fsp3) is 0.0500. The van der Waals surface area contributed by atoms with Crippen LogP contribution in [0.3, 0.4) is 0 Å². The molecule has 0 aliphatic heterocycles. The Morgan fingerprint density at radius 1 is 1.04 bits per heavy atom. The van der Waals surface area contributed by atoms with E-state index in [4.69, 9.17) is 0 Å². The number of nitrogens with zero attached hydrogens (tertiary/aromatic N) is 2. The van der Waals surface area contributed by atoms with Crippen LogP contribution in [0.15, 0.2) is 76.2 Å². The SMILES string of the molecule is Cc1ccc(S(=O)(=O)n2c(-c3ccccc3)c(I)c3cc(Br)cnc32)cc1. The minimum absolute atomic E-state index is 0.239. The Hall–Kier alpha value is -1.71. The Bertz CT molecular complexity index is 1250. The average Bonchev–Trinajstić information content (AvgIpc) is 2.96. The molecular weight excluding hydrogens is 539 g/mol. The third kappa shape index (κ3) is 3.21. The largest absolute Gasteiger partial charge is 0.269 e. The predicted octanol–water partition coefficient (Wildman–Crippen LogP) is 5.62. The van der Waals surface area contributed by atoms with Gasteiger partial charge in [-0.25, -0.2) is 17.4 Å². The molecule has 4 aromatic rings. The third-order valence-electron chi connectivity index (χ3n) is 4.28. The van der Waals surface area contributed by atoms with E-state index in [1.165, 1.54) is 3.97 Å². The van der Waals surface area contributed by atoms with Crippen LogP contribution in [-0.2, 0) is 10.0 Å². The molecule has 0 N–H and O–H groups in total. The van der Waals surface area contributed by atoms with Crippen LogP contribution in [0, 0.1) is 10.5 Å². The molecule has 2 heterocycles. The first-order chi connectivity index (χ1) is 12.9. The van der Waals surface area contributed by atoms with Gasteiger partial charge in [0.1, 0.15) is 0 Å². The number of halogens is 2. The Morgan fingerprint density at radius 3 is 2.37 bits per heavy atom. The molecule has 0 bridgehead atoms. The molecule has 7 heteroatoms. The van der Waals surface area contributed by atoms with E-state index in [-0.39, 0.29) is 4.90 Å². The van der Waals surface area contributed by atoms with Gasteiger partial charge in [0, 0.05) is 25.2 Å². The summed E-state index contributed by atoms with van der Waals surface area (Å²) in [6.07, 6.45) is 1.62. The van der Waals surface area contributed by atoms with Gasteiger partial charge in [-0.2, -0.15) is 0 Å². The lowest BCUT2D eigenvalue weighted by atomic mass is 10.1. The Kier molecular flexibility index (Phi) is 4.85. The van der Waals surface area contributed by atoms with Gasteiger partial charge in [-0.15, -0.1) is 0 Å². The van der Waals surface area contributed by atoms with E-state index in [9.17, 15) is 8.42 Å². The normalized spacial score (nSPS) is 11.8. The van der Waals surface area contributed by atoms with Gasteiger partial charge < -0.3 is 0 Å². The van der Waals surface area contributed by atoms with Crippen LogP contribution in [0.2, 0.25) is 0 Å². The molecule has 0 saturated carbocycles. The molecule has 0 aliphatic rings. The van der Waals surface area contributed by atoms with Crippen molar-refractivity contribution in [1.82, 2.24) is 8.96 Å². The molecule has 0 unspecified atom stereocenters. The topological polar surface area (TPSA) is 52.0 Å². The lowest BCUT2D eigenvalue weighted by molar-refractivity contribution is 0.589. The molecule has 0 fully saturated rings. The number of benzene rings is 2. The second-order valence-electron chi connectivity index (χ2n) is 6.14. The quantitative estimate of drug-likeness (QED) is 0.310. The van der Waals surface area contributed by atoms with Crippen LogP contribution in [-0.4, -0.2) is 17.4 Å². The summed E-state index contributed by atoms with van der Waals surface area (Å²) in [6, 6.07) is 18.3. The van der Waals surface area contributed by atoms with Crippen molar-refractivity contribution in [3.8, 4) is 11.3 Å². The second-order valence-corrected chi connectivity index (χ2v) is 9.92. The first kappa shape index (κ1) is 18.6. The van der Waals surface area contributed by atoms with Crippen LogP contribution in [0.4, 0.5) is 0 Å². The summed E-state index contributed by atoms with van der Waals surface area (Å²) in [4.78, 5) is 4.67. The molecule has 2 aromatic carbocycles. The molecule has 4 rings (SSSR count). The van der Waals surface area contributed by atoms with Crippen LogP contribution >= 0.6 is 38.5 Å². The van der Waals surface area contributed by atoms with Gasteiger partial charge in [0.2, 0.25) is 0 Å². The maximum absolute atomic E-state index is 13.6. The summed E-state index contributed by atoms with van der Waals surface area (Å²) in [5.74, 6) is 0. The van der Waals surface area contributed by atoms with Gasteiger partial charge in [-0.1, -0.05) is 48.0 Å². The molecule has 0 saturated heterocycles. The average molecular weight is 553 g/mol. The molecule has 0 spiro atoms. The highest BCUT2D eigenvalue weighted by molar-refractivity contribution is 14.1. The number of pyridine rings is 1. The third-order valence-corrected chi connectivity index (χ3v) is 7.51. The van der Waals surface area contributed by atoms with Crippen molar-refractivity contribution in [3.63, 3.8) is 0 Å². The van der Waals surface area contributed by atoms with Crippen molar-refractivity contribution in [2.45, 2.75) is 11.8 Å². The number of aryl methyl sites for hydroxylation is 1. The predicted molar refractivity (Wildman–Crippen MR) is 119 cm³/mol. The van der Waals surface area contributed by atoms with Crippen LogP contribution < -0.4 is 0 Å².